The van der Waals surface area contributed by atoms with Crippen molar-refractivity contribution in [2.24, 2.45) is 0 Å². The predicted molar refractivity (Wildman–Crippen MR) is 80.1 cm³/mol. The third-order valence-corrected chi connectivity index (χ3v) is 2.63. The highest BCUT2D eigenvalue weighted by Crippen LogP contribution is 2.24. The molecule has 0 saturated carbocycles. The van der Waals surface area contributed by atoms with Crippen molar-refractivity contribution in [2.45, 2.75) is 19.8 Å². The summed E-state index contributed by atoms with van der Waals surface area (Å²) < 4.78 is 14.6. The molecule has 1 aromatic rings. The van der Waals surface area contributed by atoms with Gasteiger partial charge in [-0.05, 0) is 31.0 Å². The molecule has 0 amide bonds. The molecule has 1 rings (SSSR count). The van der Waals surface area contributed by atoms with Crippen LogP contribution in [0.1, 0.15) is 30.1 Å². The van der Waals surface area contributed by atoms with E-state index in [1.807, 2.05) is 0 Å². The minimum absolute atomic E-state index is 0.0955. The highest BCUT2D eigenvalue weighted by Gasteiger charge is 2.14. The van der Waals surface area contributed by atoms with E-state index in [4.69, 9.17) is 14.2 Å². The van der Waals surface area contributed by atoms with Gasteiger partial charge >= 0.3 is 17.9 Å². The Morgan fingerprint density at radius 1 is 1.17 bits per heavy atom. The molecule has 7 nitrogen and oxygen atoms in total. The quantitative estimate of drug-likeness (QED) is 0.338. The molecule has 0 saturated heterocycles. The first-order valence-electron chi connectivity index (χ1n) is 6.91. The second kappa shape index (κ2) is 9.24. The second-order valence-corrected chi connectivity index (χ2v) is 4.49. The summed E-state index contributed by atoms with van der Waals surface area (Å²) in [5, 5.41) is 9.66. The first-order chi connectivity index (χ1) is 10.9. The predicted octanol–water partition coefficient (Wildman–Crippen LogP) is 1.98. The molecule has 124 valence electrons. The van der Waals surface area contributed by atoms with Crippen LogP contribution in [0.3, 0.4) is 0 Å². The van der Waals surface area contributed by atoms with E-state index in [9.17, 15) is 19.5 Å². The zero-order valence-corrected chi connectivity index (χ0v) is 12.7. The van der Waals surface area contributed by atoms with Crippen LogP contribution in [0, 0.1) is 0 Å². The lowest BCUT2D eigenvalue weighted by molar-refractivity contribution is -0.138. The van der Waals surface area contributed by atoms with Crippen LogP contribution >= 0.6 is 0 Å². The summed E-state index contributed by atoms with van der Waals surface area (Å²) in [4.78, 5) is 33.5. The summed E-state index contributed by atoms with van der Waals surface area (Å²) in [6.07, 6.45) is 2.08. The third kappa shape index (κ3) is 6.64. The molecule has 0 aliphatic carbocycles. The number of carbonyl (C=O) groups excluding carboxylic acids is 3. The fourth-order valence-corrected chi connectivity index (χ4v) is 1.59. The van der Waals surface area contributed by atoms with E-state index in [1.54, 1.807) is 0 Å². The van der Waals surface area contributed by atoms with Crippen molar-refractivity contribution in [3.05, 3.63) is 36.4 Å². The van der Waals surface area contributed by atoms with Crippen LogP contribution < -0.4 is 4.74 Å². The molecular weight excluding hydrogens is 304 g/mol. The first-order valence-corrected chi connectivity index (χ1v) is 6.91. The number of phenolic OH excluding ortho intramolecular Hbond substituents is 1. The lowest BCUT2D eigenvalue weighted by Crippen LogP contribution is -2.09. The van der Waals surface area contributed by atoms with Gasteiger partial charge in [0.15, 0.2) is 0 Å². The maximum absolute atomic E-state index is 11.9. The number of ether oxygens (including phenoxy) is 3. The molecule has 0 heterocycles. The van der Waals surface area contributed by atoms with E-state index >= 15 is 0 Å². The molecule has 7 heteroatoms. The largest absolute Gasteiger partial charge is 0.507 e. The molecule has 23 heavy (non-hydrogen) atoms. The molecule has 0 fully saturated rings. The van der Waals surface area contributed by atoms with E-state index in [0.29, 0.717) is 12.8 Å². The molecule has 0 aliphatic heterocycles. The number of esters is 3. The van der Waals surface area contributed by atoms with Gasteiger partial charge in [-0.1, -0.05) is 6.58 Å². The van der Waals surface area contributed by atoms with Crippen LogP contribution in [-0.4, -0.2) is 36.2 Å². The monoisotopic (exact) mass is 322 g/mol. The Balaban J connectivity index is 2.43. The van der Waals surface area contributed by atoms with Gasteiger partial charge < -0.3 is 19.3 Å². The van der Waals surface area contributed by atoms with Crippen molar-refractivity contribution >= 4 is 17.9 Å². The number of carbonyl (C=O) groups is 3. The average Bonchev–Trinajstić information content (AvgIpc) is 2.51. The van der Waals surface area contributed by atoms with E-state index < -0.39 is 17.9 Å². The Bertz CT molecular complexity index is 592. The maximum Gasteiger partial charge on any atom is 0.342 e. The maximum atomic E-state index is 11.9. The van der Waals surface area contributed by atoms with Gasteiger partial charge in [0.2, 0.25) is 0 Å². The summed E-state index contributed by atoms with van der Waals surface area (Å²) in [6, 6.07) is 3.83. The van der Waals surface area contributed by atoms with Gasteiger partial charge in [0, 0.05) is 13.0 Å². The fraction of sp³-hybridized carbons (Fsp3) is 0.312. The van der Waals surface area contributed by atoms with Crippen molar-refractivity contribution in [1.29, 1.82) is 0 Å². The van der Waals surface area contributed by atoms with Gasteiger partial charge in [-0.25, -0.2) is 9.59 Å². The number of rotatable bonds is 8. The van der Waals surface area contributed by atoms with E-state index in [1.165, 1.54) is 25.1 Å². The molecule has 0 spiro atoms. The van der Waals surface area contributed by atoms with E-state index in [2.05, 4.69) is 6.58 Å². The van der Waals surface area contributed by atoms with Crippen molar-refractivity contribution in [3.63, 3.8) is 0 Å². The summed E-state index contributed by atoms with van der Waals surface area (Å²) in [5.41, 5.74) is -0.0955. The molecule has 0 aromatic heterocycles. The number of aromatic hydroxyl groups is 1. The topological polar surface area (TPSA) is 99.1 Å². The Hall–Kier alpha value is -2.83. The number of benzene rings is 1. The highest BCUT2D eigenvalue weighted by molar-refractivity contribution is 5.93. The molecule has 1 N–H and O–H groups in total. The molecule has 1 aromatic carbocycles. The molecule has 0 aliphatic rings. The number of phenols is 1. The molecule has 0 bridgehead atoms. The zero-order chi connectivity index (χ0) is 17.2. The number of hydrogen-bond acceptors (Lipinski definition) is 7. The van der Waals surface area contributed by atoms with Gasteiger partial charge in [0.25, 0.3) is 0 Å². The fourth-order valence-electron chi connectivity index (χ4n) is 1.59. The van der Waals surface area contributed by atoms with Gasteiger partial charge in [-0.3, -0.25) is 4.79 Å². The molecule has 0 radical (unpaired) electrons. The third-order valence-electron chi connectivity index (χ3n) is 2.63. The summed E-state index contributed by atoms with van der Waals surface area (Å²) in [5.74, 6) is -1.91. The molecule has 0 atom stereocenters. The van der Waals surface area contributed by atoms with E-state index in [0.717, 1.165) is 6.08 Å². The first kappa shape index (κ1) is 18.2. The summed E-state index contributed by atoms with van der Waals surface area (Å²) >= 11 is 0. The minimum Gasteiger partial charge on any atom is -0.507 e. The smallest absolute Gasteiger partial charge is 0.342 e. The van der Waals surface area contributed by atoms with Crippen molar-refractivity contribution in [1.82, 2.24) is 0 Å². The minimum atomic E-state index is -0.736. The molecule has 0 unspecified atom stereocenters. The van der Waals surface area contributed by atoms with Crippen molar-refractivity contribution in [3.8, 4) is 11.5 Å². The Morgan fingerprint density at radius 2 is 1.83 bits per heavy atom. The van der Waals surface area contributed by atoms with Crippen molar-refractivity contribution in [2.75, 3.05) is 13.2 Å². The van der Waals surface area contributed by atoms with Crippen LogP contribution in [0.25, 0.3) is 0 Å². The van der Waals surface area contributed by atoms with Crippen LogP contribution in [-0.2, 0) is 19.1 Å². The lowest BCUT2D eigenvalue weighted by Gasteiger charge is -2.08. The summed E-state index contributed by atoms with van der Waals surface area (Å²) in [6.45, 7) is 4.80. The normalized spacial score (nSPS) is 9.78. The Kier molecular flexibility index (Phi) is 7.32. The van der Waals surface area contributed by atoms with Gasteiger partial charge in [0.05, 0.1) is 13.2 Å². The summed E-state index contributed by atoms with van der Waals surface area (Å²) in [7, 11) is 0. The molecular formula is C16H18O7. The SMILES string of the molecule is C=CC(=O)OCCCCOC(=O)c1cc(OC(C)=O)ccc1O. The van der Waals surface area contributed by atoms with E-state index in [-0.39, 0.29) is 30.3 Å². The second-order valence-electron chi connectivity index (χ2n) is 4.49. The zero-order valence-electron chi connectivity index (χ0n) is 12.7. The van der Waals surface area contributed by atoms with Crippen LogP contribution in [0.15, 0.2) is 30.9 Å². The van der Waals surface area contributed by atoms with Gasteiger partial charge in [-0.15, -0.1) is 0 Å². The Labute approximate surface area is 133 Å². The standard InChI is InChI=1S/C16H18O7/c1-3-15(19)21-8-4-5-9-22-16(20)13-10-12(23-11(2)17)6-7-14(13)18/h3,6-7,10,18H,1,4-5,8-9H2,2H3. The van der Waals surface area contributed by atoms with Gasteiger partial charge in [0.1, 0.15) is 17.1 Å². The lowest BCUT2D eigenvalue weighted by atomic mass is 10.2. The number of hydrogen-bond donors (Lipinski definition) is 1. The van der Waals surface area contributed by atoms with Crippen molar-refractivity contribution < 1.29 is 33.7 Å². The van der Waals surface area contributed by atoms with Crippen LogP contribution in [0.4, 0.5) is 0 Å². The number of unbranched alkanes of at least 4 members (excludes halogenated alkanes) is 1. The Morgan fingerprint density at radius 3 is 2.43 bits per heavy atom. The highest BCUT2D eigenvalue weighted by atomic mass is 16.5. The van der Waals surface area contributed by atoms with Crippen LogP contribution in [0.5, 0.6) is 11.5 Å². The van der Waals surface area contributed by atoms with Gasteiger partial charge in [-0.2, -0.15) is 0 Å². The average molecular weight is 322 g/mol. The van der Waals surface area contributed by atoms with Crippen LogP contribution in [0.2, 0.25) is 0 Å².